The number of hydrogen-bond donors (Lipinski definition) is 1. The van der Waals surface area contributed by atoms with Crippen LogP contribution in [0.15, 0.2) is 48.5 Å². The van der Waals surface area contributed by atoms with Crippen LogP contribution in [-0.2, 0) is 9.59 Å². The molecule has 7 heteroatoms. The molecule has 2 aromatic rings. The molecule has 0 radical (unpaired) electrons. The van der Waals surface area contributed by atoms with Crippen molar-refractivity contribution in [1.29, 1.82) is 0 Å². The van der Waals surface area contributed by atoms with Gasteiger partial charge in [-0.1, -0.05) is 24.3 Å². The van der Waals surface area contributed by atoms with Crippen molar-refractivity contribution in [2.45, 2.75) is 13.0 Å². The standard InChI is InChI=1S/C21H24N2O5/c1-15-6-3-4-9-19(15)28-14-18(24)21(26)22-10-11-23(20(25)13-22)16-7-5-8-17(12-16)27-2/h3-9,12,18,24H,10-11,13-14H2,1-2H3/t18-/m0/s1. The van der Waals surface area contributed by atoms with Gasteiger partial charge >= 0.3 is 0 Å². The number of anilines is 1. The Morgan fingerprint density at radius 2 is 1.96 bits per heavy atom. The van der Waals surface area contributed by atoms with Crippen molar-refractivity contribution in [2.24, 2.45) is 0 Å². The number of nitrogens with zero attached hydrogens (tertiary/aromatic N) is 2. The lowest BCUT2D eigenvalue weighted by Crippen LogP contribution is -2.55. The summed E-state index contributed by atoms with van der Waals surface area (Å²) < 4.78 is 10.7. The Balaban J connectivity index is 1.57. The molecule has 0 saturated carbocycles. The van der Waals surface area contributed by atoms with E-state index in [1.807, 2.05) is 37.3 Å². The average molecular weight is 384 g/mol. The summed E-state index contributed by atoms with van der Waals surface area (Å²) >= 11 is 0. The van der Waals surface area contributed by atoms with E-state index in [0.29, 0.717) is 24.6 Å². The van der Waals surface area contributed by atoms with Gasteiger partial charge < -0.3 is 24.4 Å². The minimum absolute atomic E-state index is 0.0858. The van der Waals surface area contributed by atoms with Gasteiger partial charge in [-0.05, 0) is 30.7 Å². The third kappa shape index (κ3) is 4.43. The third-order valence-electron chi connectivity index (χ3n) is 4.67. The first kappa shape index (κ1) is 19.7. The molecule has 1 heterocycles. The summed E-state index contributed by atoms with van der Waals surface area (Å²) in [6, 6.07) is 14.6. The van der Waals surface area contributed by atoms with E-state index in [-0.39, 0.29) is 19.1 Å². The molecule has 2 aromatic carbocycles. The fraction of sp³-hybridized carbons (Fsp3) is 0.333. The number of rotatable bonds is 6. The van der Waals surface area contributed by atoms with Crippen LogP contribution in [-0.4, -0.2) is 61.3 Å². The molecular weight excluding hydrogens is 360 g/mol. The van der Waals surface area contributed by atoms with E-state index in [1.54, 1.807) is 30.2 Å². The summed E-state index contributed by atoms with van der Waals surface area (Å²) in [7, 11) is 1.57. The van der Waals surface area contributed by atoms with Gasteiger partial charge in [0.2, 0.25) is 5.91 Å². The summed E-state index contributed by atoms with van der Waals surface area (Å²) in [6.45, 7) is 2.33. The summed E-state index contributed by atoms with van der Waals surface area (Å²) in [4.78, 5) is 28.0. The van der Waals surface area contributed by atoms with Crippen molar-refractivity contribution in [3.05, 3.63) is 54.1 Å². The van der Waals surface area contributed by atoms with Crippen LogP contribution in [0.3, 0.4) is 0 Å². The highest BCUT2D eigenvalue weighted by atomic mass is 16.5. The van der Waals surface area contributed by atoms with Crippen molar-refractivity contribution >= 4 is 17.5 Å². The van der Waals surface area contributed by atoms with Gasteiger partial charge in [-0.3, -0.25) is 9.59 Å². The van der Waals surface area contributed by atoms with Crippen molar-refractivity contribution in [3.63, 3.8) is 0 Å². The van der Waals surface area contributed by atoms with Gasteiger partial charge in [0.1, 0.15) is 24.7 Å². The predicted octanol–water partition coefficient (Wildman–Crippen LogP) is 1.62. The van der Waals surface area contributed by atoms with E-state index >= 15 is 0 Å². The van der Waals surface area contributed by atoms with E-state index in [9.17, 15) is 14.7 Å². The van der Waals surface area contributed by atoms with Gasteiger partial charge in [0.25, 0.3) is 5.91 Å². The van der Waals surface area contributed by atoms with E-state index in [4.69, 9.17) is 9.47 Å². The number of para-hydroxylation sites is 1. The Morgan fingerprint density at radius 1 is 1.18 bits per heavy atom. The number of carbonyl (C=O) groups is 2. The maximum Gasteiger partial charge on any atom is 0.255 e. The van der Waals surface area contributed by atoms with Gasteiger partial charge in [0.15, 0.2) is 6.10 Å². The Labute approximate surface area is 164 Å². The normalized spacial score (nSPS) is 15.3. The molecule has 1 saturated heterocycles. The predicted molar refractivity (Wildman–Crippen MR) is 105 cm³/mol. The molecule has 1 atom stereocenters. The number of aliphatic hydroxyl groups is 1. The molecule has 0 aromatic heterocycles. The zero-order valence-electron chi connectivity index (χ0n) is 16.0. The highest BCUT2D eigenvalue weighted by Crippen LogP contribution is 2.23. The first-order chi connectivity index (χ1) is 13.5. The molecule has 1 N–H and O–H groups in total. The molecule has 0 spiro atoms. The Morgan fingerprint density at radius 3 is 2.68 bits per heavy atom. The highest BCUT2D eigenvalue weighted by Gasteiger charge is 2.31. The second-order valence-electron chi connectivity index (χ2n) is 6.60. The Hall–Kier alpha value is -3.06. The number of hydrogen-bond acceptors (Lipinski definition) is 5. The second kappa shape index (κ2) is 8.75. The Bertz CT molecular complexity index is 854. The van der Waals surface area contributed by atoms with Crippen LogP contribution in [0.1, 0.15) is 5.56 Å². The van der Waals surface area contributed by atoms with Crippen LogP contribution in [0.25, 0.3) is 0 Å². The topological polar surface area (TPSA) is 79.3 Å². The van der Waals surface area contributed by atoms with Crippen LogP contribution in [0, 0.1) is 6.92 Å². The molecule has 1 aliphatic rings. The largest absolute Gasteiger partial charge is 0.497 e. The SMILES string of the molecule is COc1cccc(N2CCN(C(=O)[C@@H](O)COc3ccccc3C)CC2=O)c1. The highest BCUT2D eigenvalue weighted by molar-refractivity contribution is 5.98. The summed E-state index contributed by atoms with van der Waals surface area (Å²) in [5.41, 5.74) is 1.64. The molecule has 1 aliphatic heterocycles. The van der Waals surface area contributed by atoms with Crippen molar-refractivity contribution in [1.82, 2.24) is 4.90 Å². The van der Waals surface area contributed by atoms with Gasteiger partial charge in [-0.25, -0.2) is 0 Å². The van der Waals surface area contributed by atoms with Crippen LogP contribution in [0.2, 0.25) is 0 Å². The molecule has 3 rings (SSSR count). The number of piperazine rings is 1. The lowest BCUT2D eigenvalue weighted by Gasteiger charge is -2.35. The summed E-state index contributed by atoms with van der Waals surface area (Å²) in [6.07, 6.45) is -1.32. The minimum atomic E-state index is -1.32. The van der Waals surface area contributed by atoms with Gasteiger partial charge in [0.05, 0.1) is 7.11 Å². The van der Waals surface area contributed by atoms with Crippen LogP contribution >= 0.6 is 0 Å². The van der Waals surface area contributed by atoms with E-state index < -0.39 is 12.0 Å². The monoisotopic (exact) mass is 384 g/mol. The first-order valence-corrected chi connectivity index (χ1v) is 9.09. The Kier molecular flexibility index (Phi) is 6.16. The first-order valence-electron chi connectivity index (χ1n) is 9.09. The number of methoxy groups -OCH3 is 1. The lowest BCUT2D eigenvalue weighted by atomic mass is 10.2. The van der Waals surface area contributed by atoms with Crippen molar-refractivity contribution in [3.8, 4) is 11.5 Å². The van der Waals surface area contributed by atoms with Crippen LogP contribution in [0.4, 0.5) is 5.69 Å². The fourth-order valence-corrected chi connectivity index (χ4v) is 3.08. The zero-order valence-corrected chi connectivity index (χ0v) is 16.0. The molecule has 7 nitrogen and oxygen atoms in total. The number of carbonyl (C=O) groups excluding carboxylic acids is 2. The third-order valence-corrected chi connectivity index (χ3v) is 4.67. The molecule has 148 valence electrons. The minimum Gasteiger partial charge on any atom is -0.497 e. The zero-order chi connectivity index (χ0) is 20.1. The van der Waals surface area contributed by atoms with Crippen LogP contribution in [0.5, 0.6) is 11.5 Å². The number of benzene rings is 2. The van der Waals surface area contributed by atoms with Gasteiger partial charge in [0, 0.05) is 24.8 Å². The van der Waals surface area contributed by atoms with Gasteiger partial charge in [-0.15, -0.1) is 0 Å². The molecular formula is C21H24N2O5. The maximum atomic E-state index is 12.5. The fourth-order valence-electron chi connectivity index (χ4n) is 3.08. The average Bonchev–Trinajstić information content (AvgIpc) is 2.72. The van der Waals surface area contributed by atoms with E-state index in [1.165, 1.54) is 4.90 Å². The molecule has 0 aliphatic carbocycles. The molecule has 1 fully saturated rings. The number of amides is 2. The maximum absolute atomic E-state index is 12.5. The smallest absolute Gasteiger partial charge is 0.255 e. The molecule has 0 bridgehead atoms. The number of aryl methyl sites for hydroxylation is 1. The lowest BCUT2D eigenvalue weighted by molar-refractivity contribution is -0.145. The quantitative estimate of drug-likeness (QED) is 0.819. The summed E-state index contributed by atoms with van der Waals surface area (Å²) in [5, 5.41) is 10.2. The molecule has 0 unspecified atom stereocenters. The van der Waals surface area contributed by atoms with Crippen molar-refractivity contribution in [2.75, 3.05) is 38.3 Å². The second-order valence-corrected chi connectivity index (χ2v) is 6.60. The summed E-state index contributed by atoms with van der Waals surface area (Å²) in [5.74, 6) is 0.563. The van der Waals surface area contributed by atoms with Crippen LogP contribution < -0.4 is 14.4 Å². The van der Waals surface area contributed by atoms with E-state index in [0.717, 1.165) is 11.3 Å². The van der Waals surface area contributed by atoms with Gasteiger partial charge in [-0.2, -0.15) is 0 Å². The van der Waals surface area contributed by atoms with Crippen molar-refractivity contribution < 1.29 is 24.2 Å². The molecule has 2 amide bonds. The molecule has 28 heavy (non-hydrogen) atoms. The van der Waals surface area contributed by atoms with E-state index in [2.05, 4.69) is 0 Å². The number of aliphatic hydroxyl groups excluding tert-OH is 1. The number of ether oxygens (including phenoxy) is 2.